The van der Waals surface area contributed by atoms with Crippen LogP contribution in [-0.2, 0) is 9.59 Å². The SMILES string of the molecule is C=CCN(C(=O)N[C@H](CCC(N)=O)C(=O)O)C1CC1. The molecule has 0 aliphatic heterocycles. The highest BCUT2D eigenvalue weighted by molar-refractivity contribution is 5.83. The largest absolute Gasteiger partial charge is 0.480 e. The van der Waals surface area contributed by atoms with Crippen LogP contribution in [0.25, 0.3) is 0 Å². The Bertz CT molecular complexity index is 379. The van der Waals surface area contributed by atoms with Crippen LogP contribution in [0, 0.1) is 0 Å². The van der Waals surface area contributed by atoms with Crippen molar-refractivity contribution in [1.29, 1.82) is 0 Å². The predicted octanol–water partition coefficient (Wildman–Crippen LogP) is 0.0651. The van der Waals surface area contributed by atoms with E-state index in [1.165, 1.54) is 0 Å². The molecule has 1 atom stereocenters. The third-order valence-electron chi connectivity index (χ3n) is 2.85. The van der Waals surface area contributed by atoms with Crippen molar-refractivity contribution in [3.8, 4) is 0 Å². The van der Waals surface area contributed by atoms with E-state index in [9.17, 15) is 14.4 Å². The summed E-state index contributed by atoms with van der Waals surface area (Å²) in [5.74, 6) is -1.77. The number of carboxylic acids is 1. The number of nitrogens with zero attached hydrogens (tertiary/aromatic N) is 1. The van der Waals surface area contributed by atoms with Gasteiger partial charge in [-0.2, -0.15) is 0 Å². The molecule has 7 heteroatoms. The van der Waals surface area contributed by atoms with Gasteiger partial charge in [-0.1, -0.05) is 6.08 Å². The minimum atomic E-state index is -1.18. The number of primary amides is 1. The second kappa shape index (κ2) is 6.77. The Morgan fingerprint density at radius 2 is 2.11 bits per heavy atom. The molecule has 4 N–H and O–H groups in total. The molecular weight excluding hydrogens is 250 g/mol. The number of amides is 3. The zero-order chi connectivity index (χ0) is 14.4. The number of urea groups is 1. The van der Waals surface area contributed by atoms with Gasteiger partial charge in [-0.05, 0) is 19.3 Å². The van der Waals surface area contributed by atoms with Crippen molar-refractivity contribution in [3.05, 3.63) is 12.7 Å². The summed E-state index contributed by atoms with van der Waals surface area (Å²) in [7, 11) is 0. The fourth-order valence-corrected chi connectivity index (χ4v) is 1.70. The Labute approximate surface area is 111 Å². The third kappa shape index (κ3) is 4.99. The minimum Gasteiger partial charge on any atom is -0.480 e. The van der Waals surface area contributed by atoms with Crippen LogP contribution in [0.2, 0.25) is 0 Å². The van der Waals surface area contributed by atoms with E-state index >= 15 is 0 Å². The zero-order valence-electron chi connectivity index (χ0n) is 10.7. The molecule has 0 aromatic rings. The van der Waals surface area contributed by atoms with Crippen LogP contribution in [0.3, 0.4) is 0 Å². The van der Waals surface area contributed by atoms with Crippen molar-refractivity contribution in [2.45, 2.75) is 37.8 Å². The number of rotatable bonds is 8. The minimum absolute atomic E-state index is 0.0109. The first-order chi connectivity index (χ1) is 8.95. The number of aliphatic carboxylic acids is 1. The van der Waals surface area contributed by atoms with E-state index in [1.54, 1.807) is 11.0 Å². The maximum absolute atomic E-state index is 12.0. The normalized spacial score (nSPS) is 15.4. The smallest absolute Gasteiger partial charge is 0.326 e. The quantitative estimate of drug-likeness (QED) is 0.541. The molecule has 0 aromatic heterocycles. The summed E-state index contributed by atoms with van der Waals surface area (Å²) in [6.07, 6.45) is 3.34. The van der Waals surface area contributed by atoms with Gasteiger partial charge in [0.15, 0.2) is 0 Å². The highest BCUT2D eigenvalue weighted by Gasteiger charge is 2.33. The topological polar surface area (TPSA) is 113 Å². The summed E-state index contributed by atoms with van der Waals surface area (Å²) in [5.41, 5.74) is 4.97. The predicted molar refractivity (Wildman–Crippen MR) is 68.3 cm³/mol. The van der Waals surface area contributed by atoms with Crippen molar-refractivity contribution < 1.29 is 19.5 Å². The van der Waals surface area contributed by atoms with E-state index in [0.717, 1.165) is 12.8 Å². The van der Waals surface area contributed by atoms with Gasteiger partial charge in [0.05, 0.1) is 0 Å². The molecule has 0 saturated heterocycles. The van der Waals surface area contributed by atoms with Crippen molar-refractivity contribution in [1.82, 2.24) is 10.2 Å². The standard InChI is InChI=1S/C12H19N3O4/c1-2-7-15(8-3-4-8)12(19)14-9(11(17)18)5-6-10(13)16/h2,8-9H,1,3-7H2,(H2,13,16)(H,14,19)(H,17,18)/t9-/m1/s1. The van der Waals surface area contributed by atoms with Crippen molar-refractivity contribution in [2.75, 3.05) is 6.54 Å². The molecule has 0 aromatic carbocycles. The first-order valence-electron chi connectivity index (χ1n) is 6.14. The highest BCUT2D eigenvalue weighted by Crippen LogP contribution is 2.26. The first-order valence-corrected chi connectivity index (χ1v) is 6.14. The van der Waals surface area contributed by atoms with Crippen molar-refractivity contribution >= 4 is 17.9 Å². The molecule has 1 aliphatic rings. The number of nitrogens with one attached hydrogen (secondary N) is 1. The molecule has 1 fully saturated rings. The van der Waals surface area contributed by atoms with E-state index in [2.05, 4.69) is 11.9 Å². The molecule has 0 radical (unpaired) electrons. The lowest BCUT2D eigenvalue weighted by molar-refractivity contribution is -0.139. The monoisotopic (exact) mass is 269 g/mol. The number of carbonyl (C=O) groups is 3. The zero-order valence-corrected chi connectivity index (χ0v) is 10.7. The third-order valence-corrected chi connectivity index (χ3v) is 2.85. The van der Waals surface area contributed by atoms with Crippen molar-refractivity contribution in [2.24, 2.45) is 5.73 Å². The molecule has 1 rings (SSSR count). The summed E-state index contributed by atoms with van der Waals surface area (Å²) in [5, 5.41) is 11.4. The fraction of sp³-hybridized carbons (Fsp3) is 0.583. The Hall–Kier alpha value is -2.05. The molecule has 0 bridgehead atoms. The molecule has 0 spiro atoms. The van der Waals surface area contributed by atoms with Gasteiger partial charge >= 0.3 is 12.0 Å². The lowest BCUT2D eigenvalue weighted by atomic mass is 10.1. The lowest BCUT2D eigenvalue weighted by Crippen LogP contribution is -2.49. The lowest BCUT2D eigenvalue weighted by Gasteiger charge is -2.23. The van der Waals surface area contributed by atoms with Crippen LogP contribution in [0.15, 0.2) is 12.7 Å². The van der Waals surface area contributed by atoms with E-state index < -0.39 is 23.9 Å². The van der Waals surface area contributed by atoms with Crippen LogP contribution in [-0.4, -0.2) is 46.5 Å². The van der Waals surface area contributed by atoms with Gasteiger partial charge in [0.2, 0.25) is 5.91 Å². The average molecular weight is 269 g/mol. The first kappa shape index (κ1) is 15.0. The van der Waals surface area contributed by atoms with Crippen molar-refractivity contribution in [3.63, 3.8) is 0 Å². The summed E-state index contributed by atoms with van der Waals surface area (Å²) in [6.45, 7) is 3.94. The molecule has 1 aliphatic carbocycles. The van der Waals surface area contributed by atoms with E-state index in [0.29, 0.717) is 6.54 Å². The number of hydrogen-bond donors (Lipinski definition) is 3. The summed E-state index contributed by atoms with van der Waals surface area (Å²) in [6, 6.07) is -1.39. The Balaban J connectivity index is 2.55. The molecule has 19 heavy (non-hydrogen) atoms. The van der Waals surface area contributed by atoms with E-state index in [1.807, 2.05) is 0 Å². The maximum Gasteiger partial charge on any atom is 0.326 e. The van der Waals surface area contributed by atoms with Gasteiger partial charge in [-0.3, -0.25) is 4.79 Å². The average Bonchev–Trinajstić information content (AvgIpc) is 3.14. The molecule has 0 unspecified atom stereocenters. The summed E-state index contributed by atoms with van der Waals surface area (Å²) < 4.78 is 0. The van der Waals surface area contributed by atoms with Crippen LogP contribution in [0.4, 0.5) is 4.79 Å². The Morgan fingerprint density at radius 1 is 1.47 bits per heavy atom. The Kier molecular flexibility index (Phi) is 5.35. The number of carbonyl (C=O) groups excluding carboxylic acids is 2. The van der Waals surface area contributed by atoms with Gasteiger partial charge in [0.25, 0.3) is 0 Å². The number of carboxylic acid groups (broad SMARTS) is 1. The maximum atomic E-state index is 12.0. The second-order valence-corrected chi connectivity index (χ2v) is 4.52. The number of nitrogens with two attached hydrogens (primary N) is 1. The van der Waals surface area contributed by atoms with Crippen LogP contribution < -0.4 is 11.1 Å². The van der Waals surface area contributed by atoms with E-state index in [4.69, 9.17) is 10.8 Å². The van der Waals surface area contributed by atoms with Gasteiger partial charge in [-0.15, -0.1) is 6.58 Å². The van der Waals surface area contributed by atoms with Gasteiger partial charge in [-0.25, -0.2) is 9.59 Å². The number of hydrogen-bond acceptors (Lipinski definition) is 3. The molecular formula is C12H19N3O4. The van der Waals surface area contributed by atoms with Crippen LogP contribution in [0.1, 0.15) is 25.7 Å². The summed E-state index contributed by atoms with van der Waals surface area (Å²) in [4.78, 5) is 35.2. The molecule has 1 saturated carbocycles. The van der Waals surface area contributed by atoms with Crippen LogP contribution in [0.5, 0.6) is 0 Å². The molecule has 0 heterocycles. The van der Waals surface area contributed by atoms with Gasteiger partial charge in [0.1, 0.15) is 6.04 Å². The van der Waals surface area contributed by atoms with Gasteiger partial charge < -0.3 is 21.1 Å². The van der Waals surface area contributed by atoms with Crippen LogP contribution >= 0.6 is 0 Å². The van der Waals surface area contributed by atoms with Gasteiger partial charge in [0, 0.05) is 19.0 Å². The van der Waals surface area contributed by atoms with E-state index in [-0.39, 0.29) is 18.9 Å². The molecule has 7 nitrogen and oxygen atoms in total. The molecule has 106 valence electrons. The highest BCUT2D eigenvalue weighted by atomic mass is 16.4. The summed E-state index contributed by atoms with van der Waals surface area (Å²) >= 11 is 0. The second-order valence-electron chi connectivity index (χ2n) is 4.52. The Morgan fingerprint density at radius 3 is 2.53 bits per heavy atom. The molecule has 3 amide bonds. The fourth-order valence-electron chi connectivity index (χ4n) is 1.70.